The molecule has 3 atom stereocenters. The predicted molar refractivity (Wildman–Crippen MR) is 216 cm³/mol. The number of benzene rings is 3. The Kier molecular flexibility index (Phi) is 11.0. The van der Waals surface area contributed by atoms with Gasteiger partial charge in [-0.15, -0.1) is 0 Å². The minimum Gasteiger partial charge on any atom is -0.453 e. The zero-order valence-corrected chi connectivity index (χ0v) is 32.3. The number of methoxy groups -OCH3 is 1. The van der Waals surface area contributed by atoms with Crippen molar-refractivity contribution in [2.24, 2.45) is 0 Å². The Balaban J connectivity index is 0.892. The summed E-state index contributed by atoms with van der Waals surface area (Å²) >= 11 is 0. The molecule has 3 aliphatic heterocycles. The quantitative estimate of drug-likeness (QED) is 0.169. The largest absolute Gasteiger partial charge is 0.453 e. The van der Waals surface area contributed by atoms with Crippen LogP contribution in [0.4, 0.5) is 9.59 Å². The van der Waals surface area contributed by atoms with Gasteiger partial charge in [0, 0.05) is 50.4 Å². The third kappa shape index (κ3) is 8.27. The van der Waals surface area contributed by atoms with Crippen LogP contribution in [0.15, 0.2) is 91.3 Å². The fourth-order valence-electron chi connectivity index (χ4n) is 7.97. The first-order chi connectivity index (χ1) is 27.8. The number of nitrogens with one attached hydrogen (secondary N) is 3. The van der Waals surface area contributed by atoms with Crippen molar-refractivity contribution in [3.8, 4) is 34.4 Å². The van der Waals surface area contributed by atoms with Crippen LogP contribution in [0.3, 0.4) is 0 Å². The molecule has 0 saturated carbocycles. The first kappa shape index (κ1) is 37.5. The number of alkyl carbamates (subject to hydrolysis) is 1. The lowest BCUT2D eigenvalue weighted by Crippen LogP contribution is -2.51. The maximum atomic E-state index is 13.8. The Morgan fingerprint density at radius 1 is 0.719 bits per heavy atom. The third-order valence-corrected chi connectivity index (χ3v) is 11.2. The molecule has 3 saturated heterocycles. The molecule has 3 aliphatic rings. The third-order valence-electron chi connectivity index (χ3n) is 11.2. The van der Waals surface area contributed by atoms with Gasteiger partial charge in [0.05, 0.1) is 43.0 Å². The average molecular weight is 766 g/mol. The summed E-state index contributed by atoms with van der Waals surface area (Å²) in [4.78, 5) is 63.7. The van der Waals surface area contributed by atoms with Crippen LogP contribution in [0.1, 0.15) is 72.1 Å². The van der Waals surface area contributed by atoms with E-state index in [1.54, 1.807) is 11.1 Å². The molecule has 2 aromatic heterocycles. The van der Waals surface area contributed by atoms with Crippen LogP contribution in [-0.4, -0.2) is 111 Å². The summed E-state index contributed by atoms with van der Waals surface area (Å²) in [5, 5.41) is 2.71. The molecule has 3 aromatic carbocycles. The highest BCUT2D eigenvalue weighted by Gasteiger charge is 2.38. The molecule has 0 aliphatic carbocycles. The van der Waals surface area contributed by atoms with Gasteiger partial charge in [-0.25, -0.2) is 19.6 Å². The van der Waals surface area contributed by atoms with E-state index in [-0.39, 0.29) is 24.0 Å². The molecule has 3 unspecified atom stereocenters. The number of imidazole rings is 2. The number of piperazine rings is 1. The summed E-state index contributed by atoms with van der Waals surface area (Å²) in [6.45, 7) is 4.64. The molecule has 4 amide bonds. The van der Waals surface area contributed by atoms with Gasteiger partial charge in [-0.05, 0) is 73.7 Å². The molecular weight excluding hydrogens is 719 g/mol. The first-order valence-corrected chi connectivity index (χ1v) is 19.6. The van der Waals surface area contributed by atoms with E-state index in [0.717, 1.165) is 97.9 Å². The number of urea groups is 1. The van der Waals surface area contributed by atoms with Crippen molar-refractivity contribution >= 4 is 18.0 Å². The Bertz CT molecular complexity index is 2250. The van der Waals surface area contributed by atoms with Crippen LogP contribution in [0.5, 0.6) is 0 Å². The number of nitrogens with zero attached hydrogens (tertiary/aromatic N) is 6. The van der Waals surface area contributed by atoms with Gasteiger partial charge < -0.3 is 39.6 Å². The molecule has 3 fully saturated rings. The van der Waals surface area contributed by atoms with Crippen molar-refractivity contribution in [3.05, 3.63) is 120 Å². The lowest BCUT2D eigenvalue weighted by Gasteiger charge is -2.36. The minimum atomic E-state index is -0.871. The molecular formula is C44H47N9O4. The molecule has 0 bridgehead atoms. The van der Waals surface area contributed by atoms with Gasteiger partial charge >= 0.3 is 12.1 Å². The second-order valence-electron chi connectivity index (χ2n) is 14.9. The van der Waals surface area contributed by atoms with E-state index in [9.17, 15) is 14.4 Å². The van der Waals surface area contributed by atoms with Crippen molar-refractivity contribution < 1.29 is 19.1 Å². The number of likely N-dealkylation sites (N-methyl/N-ethyl adjacent to an activating group) is 1. The standard InChI is InChI=1S/C44H47N9O4/c1-50-24-26-51(27-25-50)44(56)53-23-7-11-38(53)41-46-29-36(48-41)33-20-16-31(17-21-33)13-12-30-14-18-32(19-15-30)35-28-45-40(47-35)37-10-6-22-52(37)42(54)39(49-43(55)57-2)34-8-4-3-5-9-34/h3-5,8-9,14-21,28-29,37-39H,6-7,10-11,22-27H2,1-2H3,(H,45,47)(H,46,48)(H,49,55). The minimum absolute atomic E-state index is 0.0393. The number of hydrogen-bond acceptors (Lipinski definition) is 7. The summed E-state index contributed by atoms with van der Waals surface area (Å²) < 4.78 is 4.82. The summed E-state index contributed by atoms with van der Waals surface area (Å²) in [5.74, 6) is 7.88. The second kappa shape index (κ2) is 16.8. The second-order valence-corrected chi connectivity index (χ2v) is 14.9. The van der Waals surface area contributed by atoms with Crippen LogP contribution >= 0.6 is 0 Å². The van der Waals surface area contributed by atoms with E-state index in [1.807, 2.05) is 94.9 Å². The highest BCUT2D eigenvalue weighted by molar-refractivity contribution is 5.87. The lowest BCUT2D eigenvalue weighted by atomic mass is 10.1. The predicted octanol–water partition coefficient (Wildman–Crippen LogP) is 6.13. The van der Waals surface area contributed by atoms with Gasteiger partial charge in [-0.2, -0.15) is 0 Å². The number of rotatable bonds is 7. The van der Waals surface area contributed by atoms with E-state index >= 15 is 0 Å². The van der Waals surface area contributed by atoms with Crippen LogP contribution in [-0.2, 0) is 9.53 Å². The average Bonchev–Trinajstić information content (AvgIpc) is 4.10. The summed E-state index contributed by atoms with van der Waals surface area (Å²) in [6.07, 6.45) is 6.44. The van der Waals surface area contributed by atoms with Crippen LogP contribution in [0.25, 0.3) is 22.5 Å². The van der Waals surface area contributed by atoms with Crippen molar-refractivity contribution in [1.29, 1.82) is 0 Å². The molecule has 5 heterocycles. The molecule has 13 heteroatoms. The number of amides is 4. The Morgan fingerprint density at radius 3 is 1.79 bits per heavy atom. The Hall–Kier alpha value is -6.39. The Morgan fingerprint density at radius 2 is 1.25 bits per heavy atom. The van der Waals surface area contributed by atoms with Crippen molar-refractivity contribution in [1.82, 2.24) is 44.9 Å². The SMILES string of the molecule is COC(=O)NC(C(=O)N1CCCC1c1ncc(-c2ccc(C#Cc3ccc(-c4cnc(C5CCCN5C(=O)N5CCN(C)CC5)[nH]4)cc3)cc2)[nH]1)c1ccccc1. The van der Waals surface area contributed by atoms with Crippen LogP contribution < -0.4 is 5.32 Å². The molecule has 0 spiro atoms. The zero-order chi connectivity index (χ0) is 39.3. The van der Waals surface area contributed by atoms with E-state index in [2.05, 4.69) is 44.1 Å². The van der Waals surface area contributed by atoms with E-state index in [0.29, 0.717) is 17.9 Å². The highest BCUT2D eigenvalue weighted by atomic mass is 16.5. The molecule has 0 radical (unpaired) electrons. The van der Waals surface area contributed by atoms with Crippen molar-refractivity contribution in [2.45, 2.75) is 43.8 Å². The summed E-state index contributed by atoms with van der Waals surface area (Å²) in [7, 11) is 3.38. The smallest absolute Gasteiger partial charge is 0.407 e. The first-order valence-electron chi connectivity index (χ1n) is 19.6. The Labute approximate surface area is 332 Å². The van der Waals surface area contributed by atoms with Crippen LogP contribution in [0, 0.1) is 11.8 Å². The number of carbonyl (C=O) groups is 3. The lowest BCUT2D eigenvalue weighted by molar-refractivity contribution is -0.134. The molecule has 8 rings (SSSR count). The summed E-state index contributed by atoms with van der Waals surface area (Å²) in [6, 6.07) is 24.2. The number of ether oxygens (including phenoxy) is 1. The normalized spacial score (nSPS) is 18.9. The van der Waals surface area contributed by atoms with E-state index in [4.69, 9.17) is 9.72 Å². The van der Waals surface area contributed by atoms with Gasteiger partial charge in [-0.3, -0.25) is 4.79 Å². The van der Waals surface area contributed by atoms with Crippen molar-refractivity contribution in [2.75, 3.05) is 53.4 Å². The molecule has 292 valence electrons. The fraction of sp³-hybridized carbons (Fsp3) is 0.341. The number of aromatic amines is 2. The van der Waals surface area contributed by atoms with Crippen LogP contribution in [0.2, 0.25) is 0 Å². The maximum absolute atomic E-state index is 13.8. The molecule has 5 aromatic rings. The van der Waals surface area contributed by atoms with Gasteiger partial charge in [0.25, 0.3) is 5.91 Å². The molecule has 13 nitrogen and oxygen atoms in total. The van der Waals surface area contributed by atoms with Gasteiger partial charge in [0.1, 0.15) is 17.7 Å². The molecule has 57 heavy (non-hydrogen) atoms. The number of H-pyrrole nitrogens is 2. The number of aromatic nitrogens is 4. The maximum Gasteiger partial charge on any atom is 0.407 e. The summed E-state index contributed by atoms with van der Waals surface area (Å²) in [5.41, 5.74) is 6.19. The monoisotopic (exact) mass is 765 g/mol. The number of hydrogen-bond donors (Lipinski definition) is 3. The van der Waals surface area contributed by atoms with E-state index in [1.165, 1.54) is 7.11 Å². The molecule has 3 N–H and O–H groups in total. The van der Waals surface area contributed by atoms with Crippen molar-refractivity contribution in [3.63, 3.8) is 0 Å². The van der Waals surface area contributed by atoms with Gasteiger partial charge in [0.15, 0.2) is 0 Å². The van der Waals surface area contributed by atoms with Gasteiger partial charge in [-0.1, -0.05) is 66.4 Å². The van der Waals surface area contributed by atoms with E-state index < -0.39 is 12.1 Å². The highest BCUT2D eigenvalue weighted by Crippen LogP contribution is 2.35. The zero-order valence-electron chi connectivity index (χ0n) is 32.3. The fourth-order valence-corrected chi connectivity index (χ4v) is 7.97. The number of likely N-dealkylation sites (tertiary alicyclic amines) is 2. The topological polar surface area (TPSA) is 143 Å². The van der Waals surface area contributed by atoms with Gasteiger partial charge in [0.2, 0.25) is 0 Å². The number of carbonyl (C=O) groups excluding carboxylic acids is 3.